The molecule has 1 atom stereocenters. The molecule has 1 aromatic carbocycles. The molecule has 1 heterocycles. The Kier molecular flexibility index (Phi) is 3.78. The minimum atomic E-state index is -1.03. The van der Waals surface area contributed by atoms with Crippen molar-refractivity contribution in [1.82, 2.24) is 0 Å². The molecule has 1 aromatic heterocycles. The maximum absolute atomic E-state index is 12.1. The molecule has 0 bridgehead atoms. The summed E-state index contributed by atoms with van der Waals surface area (Å²) in [4.78, 5) is 0.792. The zero-order valence-corrected chi connectivity index (χ0v) is 11.6. The molecule has 2 nitrogen and oxygen atoms in total. The quantitative estimate of drug-likeness (QED) is 0.882. The van der Waals surface area contributed by atoms with Gasteiger partial charge in [0.2, 0.25) is 0 Å². The van der Waals surface area contributed by atoms with Crippen LogP contribution in [0.25, 0.3) is 0 Å². The highest BCUT2D eigenvalue weighted by molar-refractivity contribution is 9.10. The van der Waals surface area contributed by atoms with Gasteiger partial charge in [-0.25, -0.2) is 0 Å². The lowest BCUT2D eigenvalue weighted by atomic mass is 10.3. The van der Waals surface area contributed by atoms with E-state index in [2.05, 4.69) is 15.9 Å². The van der Waals surface area contributed by atoms with Crippen LogP contribution in [-0.2, 0) is 16.6 Å². The second-order valence-electron chi connectivity index (χ2n) is 3.31. The lowest BCUT2D eigenvalue weighted by Gasteiger charge is -2.04. The number of hydrogen-bond acceptors (Lipinski definition) is 3. The van der Waals surface area contributed by atoms with E-state index in [4.69, 9.17) is 5.73 Å². The predicted molar refractivity (Wildman–Crippen MR) is 73.0 cm³/mol. The number of nitrogens with two attached hydrogens (primary N) is 1. The normalized spacial score (nSPS) is 12.6. The van der Waals surface area contributed by atoms with E-state index in [1.54, 1.807) is 23.5 Å². The summed E-state index contributed by atoms with van der Waals surface area (Å²) in [6, 6.07) is 7.35. The van der Waals surface area contributed by atoms with E-state index >= 15 is 0 Å². The van der Waals surface area contributed by atoms with E-state index in [-0.39, 0.29) is 0 Å². The van der Waals surface area contributed by atoms with Crippen molar-refractivity contribution in [2.75, 3.05) is 5.73 Å². The Morgan fingerprint density at radius 3 is 2.81 bits per heavy atom. The first-order valence-corrected chi connectivity index (χ1v) is 7.67. The third kappa shape index (κ3) is 2.72. The highest BCUT2D eigenvalue weighted by atomic mass is 79.9. The van der Waals surface area contributed by atoms with E-state index < -0.39 is 10.8 Å². The number of benzene rings is 1. The van der Waals surface area contributed by atoms with Gasteiger partial charge in [-0.15, -0.1) is 0 Å². The fourth-order valence-electron chi connectivity index (χ4n) is 1.31. The SMILES string of the molecule is Nc1ccc(S(=O)Cc2ccsc2)c(Br)c1. The zero-order valence-electron chi connectivity index (χ0n) is 8.35. The van der Waals surface area contributed by atoms with Crippen LogP contribution in [0.5, 0.6) is 0 Å². The van der Waals surface area contributed by atoms with Gasteiger partial charge in [0.05, 0.1) is 21.4 Å². The molecule has 2 aromatic rings. The standard InChI is InChI=1S/C11H10BrNOS2/c12-10-5-9(13)1-2-11(10)16(14)7-8-3-4-15-6-8/h1-6H,7,13H2. The van der Waals surface area contributed by atoms with Gasteiger partial charge in [-0.2, -0.15) is 11.3 Å². The summed E-state index contributed by atoms with van der Waals surface area (Å²) in [6.07, 6.45) is 0. The Bertz CT molecular complexity index is 511. The highest BCUT2D eigenvalue weighted by Crippen LogP contribution is 2.25. The van der Waals surface area contributed by atoms with Crippen molar-refractivity contribution in [3.8, 4) is 0 Å². The Hall–Kier alpha value is -0.650. The molecule has 0 fully saturated rings. The van der Waals surface area contributed by atoms with Gasteiger partial charge < -0.3 is 5.73 Å². The number of thiophene rings is 1. The van der Waals surface area contributed by atoms with Gasteiger partial charge in [0, 0.05) is 10.2 Å². The van der Waals surface area contributed by atoms with Crippen LogP contribution in [0.3, 0.4) is 0 Å². The van der Waals surface area contributed by atoms with Gasteiger partial charge in [-0.05, 0) is 56.5 Å². The Labute approximate surface area is 109 Å². The van der Waals surface area contributed by atoms with Crippen molar-refractivity contribution in [3.63, 3.8) is 0 Å². The summed E-state index contributed by atoms with van der Waals surface area (Å²) in [5.41, 5.74) is 7.41. The van der Waals surface area contributed by atoms with Crippen LogP contribution in [-0.4, -0.2) is 4.21 Å². The average Bonchev–Trinajstić information content (AvgIpc) is 2.70. The molecule has 2 rings (SSSR count). The third-order valence-corrected chi connectivity index (χ3v) is 5.17. The molecule has 0 amide bonds. The van der Waals surface area contributed by atoms with E-state index in [0.717, 1.165) is 14.9 Å². The predicted octanol–water partition coefficient (Wildman–Crippen LogP) is 3.40. The van der Waals surface area contributed by atoms with Crippen LogP contribution < -0.4 is 5.73 Å². The van der Waals surface area contributed by atoms with Crippen molar-refractivity contribution in [1.29, 1.82) is 0 Å². The topological polar surface area (TPSA) is 43.1 Å². The summed E-state index contributed by atoms with van der Waals surface area (Å²) in [7, 11) is -1.03. The molecule has 0 aliphatic rings. The lowest BCUT2D eigenvalue weighted by Crippen LogP contribution is -1.97. The third-order valence-electron chi connectivity index (χ3n) is 2.08. The second kappa shape index (κ2) is 5.12. The second-order valence-corrected chi connectivity index (χ2v) is 6.37. The fraction of sp³-hybridized carbons (Fsp3) is 0.0909. The first kappa shape index (κ1) is 11.8. The lowest BCUT2D eigenvalue weighted by molar-refractivity contribution is 0.682. The fourth-order valence-corrected chi connectivity index (χ4v) is 4.15. The van der Waals surface area contributed by atoms with Crippen LogP contribution in [0, 0.1) is 0 Å². The molecule has 1 unspecified atom stereocenters. The van der Waals surface area contributed by atoms with E-state index in [1.807, 2.05) is 22.9 Å². The van der Waals surface area contributed by atoms with Crippen LogP contribution in [0.15, 0.2) is 44.4 Å². The van der Waals surface area contributed by atoms with Gasteiger partial charge in [0.15, 0.2) is 0 Å². The molecule has 0 radical (unpaired) electrons. The molecule has 2 N–H and O–H groups in total. The maximum Gasteiger partial charge on any atom is 0.0585 e. The van der Waals surface area contributed by atoms with Crippen molar-refractivity contribution in [2.24, 2.45) is 0 Å². The van der Waals surface area contributed by atoms with Crippen molar-refractivity contribution < 1.29 is 4.21 Å². The maximum atomic E-state index is 12.1. The monoisotopic (exact) mass is 315 g/mol. The van der Waals surface area contributed by atoms with Crippen LogP contribution >= 0.6 is 27.3 Å². The molecule has 5 heteroatoms. The van der Waals surface area contributed by atoms with Crippen molar-refractivity contribution in [3.05, 3.63) is 45.1 Å². The first-order valence-electron chi connectivity index (χ1n) is 4.61. The van der Waals surface area contributed by atoms with Gasteiger partial charge in [-0.3, -0.25) is 4.21 Å². The Balaban J connectivity index is 2.21. The number of hydrogen-bond donors (Lipinski definition) is 1. The highest BCUT2D eigenvalue weighted by Gasteiger charge is 2.09. The first-order chi connectivity index (χ1) is 7.66. The van der Waals surface area contributed by atoms with Gasteiger partial charge in [-0.1, -0.05) is 0 Å². The number of nitrogen functional groups attached to an aromatic ring is 1. The molecule has 0 saturated heterocycles. The van der Waals surface area contributed by atoms with Crippen molar-refractivity contribution >= 4 is 43.8 Å². The number of anilines is 1. The molecule has 0 saturated carbocycles. The Morgan fingerprint density at radius 2 is 2.19 bits per heavy atom. The molecule has 0 aliphatic heterocycles. The van der Waals surface area contributed by atoms with Crippen LogP contribution in [0.1, 0.15) is 5.56 Å². The van der Waals surface area contributed by atoms with E-state index in [9.17, 15) is 4.21 Å². The molecule has 0 spiro atoms. The molecular weight excluding hydrogens is 306 g/mol. The van der Waals surface area contributed by atoms with Crippen LogP contribution in [0.4, 0.5) is 5.69 Å². The molecule has 16 heavy (non-hydrogen) atoms. The minimum absolute atomic E-state index is 0.548. The summed E-state index contributed by atoms with van der Waals surface area (Å²) < 4.78 is 12.9. The van der Waals surface area contributed by atoms with Gasteiger partial charge >= 0.3 is 0 Å². The molecular formula is C11H10BrNOS2. The largest absolute Gasteiger partial charge is 0.399 e. The van der Waals surface area contributed by atoms with Gasteiger partial charge in [0.25, 0.3) is 0 Å². The number of rotatable bonds is 3. The molecule has 84 valence electrons. The zero-order chi connectivity index (χ0) is 11.5. The molecule has 0 aliphatic carbocycles. The summed E-state index contributed by atoms with van der Waals surface area (Å²) in [5.74, 6) is 0.548. The Morgan fingerprint density at radius 1 is 1.38 bits per heavy atom. The van der Waals surface area contributed by atoms with E-state index in [1.165, 1.54) is 0 Å². The minimum Gasteiger partial charge on any atom is -0.399 e. The van der Waals surface area contributed by atoms with Crippen molar-refractivity contribution in [2.45, 2.75) is 10.6 Å². The van der Waals surface area contributed by atoms with Crippen LogP contribution in [0.2, 0.25) is 0 Å². The van der Waals surface area contributed by atoms with E-state index in [0.29, 0.717) is 11.4 Å². The summed E-state index contributed by atoms with van der Waals surface area (Å²) >= 11 is 5.00. The summed E-state index contributed by atoms with van der Waals surface area (Å²) in [6.45, 7) is 0. The number of halogens is 1. The average molecular weight is 316 g/mol. The smallest absolute Gasteiger partial charge is 0.0585 e. The van der Waals surface area contributed by atoms with Gasteiger partial charge in [0.1, 0.15) is 0 Å². The summed E-state index contributed by atoms with van der Waals surface area (Å²) in [5, 5.41) is 4.01.